The van der Waals surface area contributed by atoms with Crippen LogP contribution < -0.4 is 15.2 Å². The van der Waals surface area contributed by atoms with Crippen LogP contribution in [0.2, 0.25) is 0 Å². The summed E-state index contributed by atoms with van der Waals surface area (Å²) in [7, 11) is 1.36. The summed E-state index contributed by atoms with van der Waals surface area (Å²) in [6, 6.07) is 3.90. The highest BCUT2D eigenvalue weighted by molar-refractivity contribution is 5.77. The topological polar surface area (TPSA) is 125 Å². The van der Waals surface area contributed by atoms with Crippen molar-refractivity contribution < 1.29 is 24.3 Å². The van der Waals surface area contributed by atoms with Crippen LogP contribution >= 0.6 is 0 Å². The van der Waals surface area contributed by atoms with Crippen molar-refractivity contribution in [2.75, 3.05) is 13.7 Å². The third-order valence-corrected chi connectivity index (χ3v) is 2.73. The first-order valence-electron chi connectivity index (χ1n) is 5.75. The standard InChI is InChI=1S/C12H16N2O6/c1-12(13,11(15)16)5-6-20-9-4-3-8(14(17)18)7-10(9)19-2/h3-4,7H,5-6,13H2,1-2H3,(H,15,16). The van der Waals surface area contributed by atoms with Crippen LogP contribution in [0.4, 0.5) is 5.69 Å². The van der Waals surface area contributed by atoms with Crippen LogP contribution in [-0.2, 0) is 4.79 Å². The van der Waals surface area contributed by atoms with Crippen molar-refractivity contribution in [3.05, 3.63) is 28.3 Å². The maximum atomic E-state index is 10.8. The van der Waals surface area contributed by atoms with Crippen LogP contribution in [0.15, 0.2) is 18.2 Å². The zero-order valence-electron chi connectivity index (χ0n) is 11.2. The second-order valence-electron chi connectivity index (χ2n) is 4.41. The number of carbonyl (C=O) groups is 1. The number of benzene rings is 1. The lowest BCUT2D eigenvalue weighted by molar-refractivity contribution is -0.385. The van der Waals surface area contributed by atoms with Crippen molar-refractivity contribution in [1.82, 2.24) is 0 Å². The molecular weight excluding hydrogens is 268 g/mol. The Morgan fingerprint density at radius 2 is 2.15 bits per heavy atom. The molecule has 0 spiro atoms. The molecule has 0 amide bonds. The molecule has 0 fully saturated rings. The molecule has 0 aromatic heterocycles. The van der Waals surface area contributed by atoms with Crippen molar-refractivity contribution >= 4 is 11.7 Å². The molecule has 1 rings (SSSR count). The van der Waals surface area contributed by atoms with Crippen LogP contribution in [0, 0.1) is 10.1 Å². The van der Waals surface area contributed by atoms with E-state index in [1.807, 2.05) is 0 Å². The number of ether oxygens (including phenoxy) is 2. The monoisotopic (exact) mass is 284 g/mol. The van der Waals surface area contributed by atoms with Gasteiger partial charge in [-0.1, -0.05) is 0 Å². The Balaban J connectivity index is 2.74. The molecule has 1 unspecified atom stereocenters. The highest BCUT2D eigenvalue weighted by atomic mass is 16.6. The molecule has 8 heteroatoms. The third-order valence-electron chi connectivity index (χ3n) is 2.73. The zero-order valence-corrected chi connectivity index (χ0v) is 11.2. The van der Waals surface area contributed by atoms with E-state index in [9.17, 15) is 14.9 Å². The number of nitrogens with zero attached hydrogens (tertiary/aromatic N) is 1. The number of nitrogens with two attached hydrogens (primary N) is 1. The van der Waals surface area contributed by atoms with Crippen molar-refractivity contribution in [3.63, 3.8) is 0 Å². The van der Waals surface area contributed by atoms with Gasteiger partial charge in [0, 0.05) is 12.5 Å². The summed E-state index contributed by atoms with van der Waals surface area (Å²) < 4.78 is 10.3. The van der Waals surface area contributed by atoms with Crippen LogP contribution in [0.25, 0.3) is 0 Å². The van der Waals surface area contributed by atoms with Gasteiger partial charge in [0.05, 0.1) is 24.7 Å². The first-order valence-corrected chi connectivity index (χ1v) is 5.75. The molecule has 110 valence electrons. The summed E-state index contributed by atoms with van der Waals surface area (Å²) in [6.45, 7) is 1.43. The van der Waals surface area contributed by atoms with Gasteiger partial charge in [-0.25, -0.2) is 0 Å². The van der Waals surface area contributed by atoms with Gasteiger partial charge in [-0.2, -0.15) is 0 Å². The Morgan fingerprint density at radius 3 is 2.65 bits per heavy atom. The molecule has 0 aliphatic carbocycles. The van der Waals surface area contributed by atoms with Gasteiger partial charge in [0.2, 0.25) is 0 Å². The molecular formula is C12H16N2O6. The number of hydrogen-bond acceptors (Lipinski definition) is 6. The van der Waals surface area contributed by atoms with Crippen molar-refractivity contribution in [2.24, 2.45) is 5.73 Å². The fourth-order valence-corrected chi connectivity index (χ4v) is 1.37. The summed E-state index contributed by atoms with van der Waals surface area (Å²) in [4.78, 5) is 20.9. The molecule has 1 atom stereocenters. The lowest BCUT2D eigenvalue weighted by atomic mass is 10.0. The Labute approximate surface area is 115 Å². The van der Waals surface area contributed by atoms with Crippen LogP contribution in [-0.4, -0.2) is 35.3 Å². The summed E-state index contributed by atoms with van der Waals surface area (Å²) >= 11 is 0. The Bertz CT molecular complexity index is 515. The highest BCUT2D eigenvalue weighted by Crippen LogP contribution is 2.31. The maximum absolute atomic E-state index is 10.8. The Hall–Kier alpha value is -2.35. The Morgan fingerprint density at radius 1 is 1.50 bits per heavy atom. The molecule has 3 N–H and O–H groups in total. The van der Waals surface area contributed by atoms with Gasteiger partial charge in [0.15, 0.2) is 11.5 Å². The van der Waals surface area contributed by atoms with E-state index in [2.05, 4.69) is 0 Å². The number of methoxy groups -OCH3 is 1. The quantitative estimate of drug-likeness (QED) is 0.568. The number of aliphatic carboxylic acids is 1. The third kappa shape index (κ3) is 3.82. The van der Waals surface area contributed by atoms with Gasteiger partial charge in [-0.15, -0.1) is 0 Å². The molecule has 0 saturated carbocycles. The molecule has 1 aromatic rings. The average Bonchev–Trinajstić information content (AvgIpc) is 2.38. The van der Waals surface area contributed by atoms with E-state index in [0.29, 0.717) is 5.75 Å². The van der Waals surface area contributed by atoms with Gasteiger partial charge < -0.3 is 20.3 Å². The largest absolute Gasteiger partial charge is 0.493 e. The smallest absolute Gasteiger partial charge is 0.323 e. The molecule has 0 radical (unpaired) electrons. The lowest BCUT2D eigenvalue weighted by Crippen LogP contribution is -2.45. The van der Waals surface area contributed by atoms with E-state index in [4.69, 9.17) is 20.3 Å². The van der Waals surface area contributed by atoms with Crippen LogP contribution in [0.3, 0.4) is 0 Å². The summed E-state index contributed by atoms with van der Waals surface area (Å²) in [5.41, 5.74) is 4.04. The van der Waals surface area contributed by atoms with Crippen LogP contribution in [0.1, 0.15) is 13.3 Å². The SMILES string of the molecule is COc1cc([N+](=O)[O-])ccc1OCCC(C)(N)C(=O)O. The van der Waals surface area contributed by atoms with E-state index in [1.165, 1.54) is 32.2 Å². The second kappa shape index (κ2) is 6.20. The molecule has 0 saturated heterocycles. The molecule has 0 bridgehead atoms. The molecule has 0 heterocycles. The Kier molecular flexibility index (Phi) is 4.87. The number of carboxylic acids is 1. The van der Waals surface area contributed by atoms with Crippen molar-refractivity contribution in [2.45, 2.75) is 18.9 Å². The molecule has 0 aliphatic rings. The van der Waals surface area contributed by atoms with E-state index in [0.717, 1.165) is 0 Å². The van der Waals surface area contributed by atoms with Gasteiger partial charge in [0.25, 0.3) is 5.69 Å². The first kappa shape index (κ1) is 15.7. The number of carboxylic acid groups (broad SMARTS) is 1. The van der Waals surface area contributed by atoms with Gasteiger partial charge in [-0.05, 0) is 13.0 Å². The predicted molar refractivity (Wildman–Crippen MR) is 70.0 cm³/mol. The summed E-state index contributed by atoms with van der Waals surface area (Å²) in [5, 5.41) is 19.5. The highest BCUT2D eigenvalue weighted by Gasteiger charge is 2.27. The normalized spacial score (nSPS) is 13.3. The average molecular weight is 284 g/mol. The van der Waals surface area contributed by atoms with E-state index in [-0.39, 0.29) is 24.5 Å². The summed E-state index contributed by atoms with van der Waals surface area (Å²) in [5.74, 6) is -0.635. The fraction of sp³-hybridized carbons (Fsp3) is 0.417. The van der Waals surface area contributed by atoms with Gasteiger partial charge >= 0.3 is 5.97 Å². The van der Waals surface area contributed by atoms with Crippen LogP contribution in [0.5, 0.6) is 11.5 Å². The first-order chi connectivity index (χ1) is 9.27. The minimum absolute atomic E-state index is 0.0491. The van der Waals surface area contributed by atoms with Gasteiger partial charge in [0.1, 0.15) is 5.54 Å². The number of hydrogen-bond donors (Lipinski definition) is 2. The van der Waals surface area contributed by atoms with E-state index >= 15 is 0 Å². The van der Waals surface area contributed by atoms with Gasteiger partial charge in [-0.3, -0.25) is 14.9 Å². The number of nitro benzene ring substituents is 1. The minimum atomic E-state index is -1.39. The fourth-order valence-electron chi connectivity index (χ4n) is 1.37. The second-order valence-corrected chi connectivity index (χ2v) is 4.41. The van der Waals surface area contributed by atoms with Crippen molar-refractivity contribution in [1.29, 1.82) is 0 Å². The zero-order chi connectivity index (χ0) is 15.3. The lowest BCUT2D eigenvalue weighted by Gasteiger charge is -2.19. The number of rotatable bonds is 7. The van der Waals surface area contributed by atoms with Crippen molar-refractivity contribution in [3.8, 4) is 11.5 Å². The number of non-ortho nitro benzene ring substituents is 1. The van der Waals surface area contributed by atoms with E-state index < -0.39 is 16.4 Å². The molecule has 8 nitrogen and oxygen atoms in total. The summed E-state index contributed by atoms with van der Waals surface area (Å²) in [6.07, 6.45) is 0.0858. The predicted octanol–water partition coefficient (Wildman–Crippen LogP) is 1.17. The maximum Gasteiger partial charge on any atom is 0.323 e. The minimum Gasteiger partial charge on any atom is -0.493 e. The molecule has 1 aromatic carbocycles. The van der Waals surface area contributed by atoms with E-state index in [1.54, 1.807) is 0 Å². The number of nitro groups is 1. The molecule has 20 heavy (non-hydrogen) atoms. The molecule has 0 aliphatic heterocycles.